The third-order valence-corrected chi connectivity index (χ3v) is 3.98. The van der Waals surface area contributed by atoms with Gasteiger partial charge in [-0.3, -0.25) is 9.78 Å². The molecular formula is C18H15ClFN3O. The Hall–Kier alpha value is -2.53. The fourth-order valence-electron chi connectivity index (χ4n) is 2.50. The number of fused-ring (bicyclic) bond motifs is 1. The van der Waals surface area contributed by atoms with Gasteiger partial charge in [0.05, 0.1) is 16.8 Å². The molecule has 2 aromatic heterocycles. The fraction of sp³-hybridized carbons (Fsp3) is 0.167. The van der Waals surface area contributed by atoms with Crippen molar-refractivity contribution in [1.82, 2.24) is 14.9 Å². The van der Waals surface area contributed by atoms with Crippen LogP contribution in [0.25, 0.3) is 10.9 Å². The summed E-state index contributed by atoms with van der Waals surface area (Å²) in [7, 11) is 1.71. The highest BCUT2D eigenvalue weighted by Crippen LogP contribution is 2.19. The zero-order chi connectivity index (χ0) is 17.3. The predicted molar refractivity (Wildman–Crippen MR) is 91.5 cm³/mol. The maximum atomic E-state index is 13.3. The predicted octanol–water partition coefficient (Wildman–Crippen LogP) is 4.00. The van der Waals surface area contributed by atoms with E-state index in [1.165, 1.54) is 12.1 Å². The van der Waals surface area contributed by atoms with E-state index in [0.717, 1.165) is 10.9 Å². The lowest BCUT2D eigenvalue weighted by molar-refractivity contribution is 0.0784. The van der Waals surface area contributed by atoms with Gasteiger partial charge in [-0.15, -0.1) is 0 Å². The Morgan fingerprint density at radius 3 is 2.75 bits per heavy atom. The van der Waals surface area contributed by atoms with Crippen molar-refractivity contribution in [2.75, 3.05) is 7.05 Å². The van der Waals surface area contributed by atoms with E-state index in [1.807, 2.05) is 6.07 Å². The lowest BCUT2D eigenvalue weighted by atomic mass is 10.1. The maximum absolute atomic E-state index is 13.3. The summed E-state index contributed by atoms with van der Waals surface area (Å²) < 4.78 is 13.3. The molecule has 3 aromatic rings. The van der Waals surface area contributed by atoms with Crippen molar-refractivity contribution < 1.29 is 9.18 Å². The first-order chi connectivity index (χ1) is 11.4. The van der Waals surface area contributed by atoms with E-state index < -0.39 is 0 Å². The van der Waals surface area contributed by atoms with Crippen LogP contribution in [0, 0.1) is 12.7 Å². The van der Waals surface area contributed by atoms with Crippen molar-refractivity contribution in [3.05, 3.63) is 70.4 Å². The van der Waals surface area contributed by atoms with Crippen LogP contribution in [0.5, 0.6) is 0 Å². The molecule has 0 bridgehead atoms. The number of pyridine rings is 2. The largest absolute Gasteiger partial charge is 0.337 e. The highest BCUT2D eigenvalue weighted by Gasteiger charge is 2.16. The number of hydrogen-bond acceptors (Lipinski definition) is 3. The van der Waals surface area contributed by atoms with Crippen molar-refractivity contribution in [2.24, 2.45) is 0 Å². The number of rotatable bonds is 3. The van der Waals surface area contributed by atoms with Crippen LogP contribution in [0.2, 0.25) is 5.15 Å². The molecule has 1 aromatic carbocycles. The van der Waals surface area contributed by atoms with E-state index in [1.54, 1.807) is 43.3 Å². The van der Waals surface area contributed by atoms with Gasteiger partial charge in [0.2, 0.25) is 0 Å². The van der Waals surface area contributed by atoms with Gasteiger partial charge in [0.1, 0.15) is 11.0 Å². The molecule has 6 heteroatoms. The first-order valence-electron chi connectivity index (χ1n) is 7.37. The van der Waals surface area contributed by atoms with Crippen molar-refractivity contribution in [3.8, 4) is 0 Å². The first-order valence-corrected chi connectivity index (χ1v) is 7.74. The monoisotopic (exact) mass is 343 g/mol. The molecule has 3 rings (SSSR count). The molecule has 1 amide bonds. The minimum absolute atomic E-state index is 0.152. The van der Waals surface area contributed by atoms with Gasteiger partial charge in [-0.2, -0.15) is 0 Å². The van der Waals surface area contributed by atoms with E-state index >= 15 is 0 Å². The molecule has 24 heavy (non-hydrogen) atoms. The van der Waals surface area contributed by atoms with Gasteiger partial charge in [-0.05, 0) is 36.8 Å². The molecule has 0 fully saturated rings. The number of halogens is 2. The van der Waals surface area contributed by atoms with Crippen LogP contribution in [0.1, 0.15) is 21.6 Å². The zero-order valence-corrected chi connectivity index (χ0v) is 14.0. The first kappa shape index (κ1) is 16.3. The van der Waals surface area contributed by atoms with Crippen LogP contribution in [0.3, 0.4) is 0 Å². The molecular weight excluding hydrogens is 329 g/mol. The number of benzene rings is 1. The van der Waals surface area contributed by atoms with Crippen LogP contribution in [0.15, 0.2) is 42.6 Å². The lowest BCUT2D eigenvalue weighted by Crippen LogP contribution is -2.27. The second-order valence-corrected chi connectivity index (χ2v) is 6.00. The van der Waals surface area contributed by atoms with Gasteiger partial charge in [0.25, 0.3) is 5.91 Å². The third kappa shape index (κ3) is 3.36. The molecule has 0 saturated carbocycles. The molecule has 4 nitrogen and oxygen atoms in total. The highest BCUT2D eigenvalue weighted by molar-refractivity contribution is 6.29. The molecule has 0 spiro atoms. The SMILES string of the molecule is Cc1nc2cc(F)ccc2cc1C(=O)N(C)Cc1ccc(Cl)nc1. The van der Waals surface area contributed by atoms with Crippen molar-refractivity contribution in [3.63, 3.8) is 0 Å². The van der Waals surface area contributed by atoms with Gasteiger partial charge in [0.15, 0.2) is 0 Å². The summed E-state index contributed by atoms with van der Waals surface area (Å²) in [6.45, 7) is 2.15. The number of carbonyl (C=O) groups is 1. The average molecular weight is 344 g/mol. The van der Waals surface area contributed by atoms with E-state index in [2.05, 4.69) is 9.97 Å². The average Bonchev–Trinajstić information content (AvgIpc) is 2.55. The summed E-state index contributed by atoms with van der Waals surface area (Å²) >= 11 is 5.77. The summed E-state index contributed by atoms with van der Waals surface area (Å²) in [4.78, 5) is 22.7. The molecule has 0 N–H and O–H groups in total. The number of amides is 1. The van der Waals surface area contributed by atoms with Crippen molar-refractivity contribution in [2.45, 2.75) is 13.5 Å². The van der Waals surface area contributed by atoms with E-state index in [4.69, 9.17) is 11.6 Å². The second-order valence-electron chi connectivity index (χ2n) is 5.61. The molecule has 122 valence electrons. The fourth-order valence-corrected chi connectivity index (χ4v) is 2.62. The van der Waals surface area contributed by atoms with Crippen LogP contribution < -0.4 is 0 Å². The standard InChI is InChI=1S/C18H15ClFN3O/c1-11-15(7-13-4-5-14(20)8-16(13)22-11)18(24)23(2)10-12-3-6-17(19)21-9-12/h3-9H,10H2,1-2H3. The smallest absolute Gasteiger partial charge is 0.255 e. The molecule has 0 atom stereocenters. The van der Waals surface area contributed by atoms with Crippen LogP contribution in [-0.2, 0) is 6.54 Å². The van der Waals surface area contributed by atoms with E-state index in [9.17, 15) is 9.18 Å². The zero-order valence-electron chi connectivity index (χ0n) is 13.3. The molecule has 0 aliphatic heterocycles. The Labute approximate surface area is 143 Å². The van der Waals surface area contributed by atoms with Crippen molar-refractivity contribution >= 4 is 28.4 Å². The summed E-state index contributed by atoms with van der Waals surface area (Å²) in [5, 5.41) is 1.14. The van der Waals surface area contributed by atoms with Crippen LogP contribution in [0.4, 0.5) is 4.39 Å². The normalized spacial score (nSPS) is 10.8. The Bertz CT molecular complexity index is 912. The summed E-state index contributed by atoms with van der Waals surface area (Å²) in [6.07, 6.45) is 1.64. The van der Waals surface area contributed by atoms with Crippen LogP contribution >= 0.6 is 11.6 Å². The summed E-state index contributed by atoms with van der Waals surface area (Å²) in [6, 6.07) is 9.60. The topological polar surface area (TPSA) is 46.1 Å². The van der Waals surface area contributed by atoms with Gasteiger partial charge >= 0.3 is 0 Å². The molecule has 0 aliphatic carbocycles. The lowest BCUT2D eigenvalue weighted by Gasteiger charge is -2.18. The van der Waals surface area contributed by atoms with E-state index in [0.29, 0.717) is 28.5 Å². The minimum Gasteiger partial charge on any atom is -0.337 e. The Morgan fingerprint density at radius 1 is 1.25 bits per heavy atom. The minimum atomic E-state index is -0.346. The molecule has 2 heterocycles. The Kier molecular flexibility index (Phi) is 4.44. The number of carbonyl (C=O) groups excluding carboxylic acids is 1. The van der Waals surface area contributed by atoms with Gasteiger partial charge in [-0.25, -0.2) is 9.37 Å². The molecule has 0 aliphatic rings. The number of nitrogens with zero attached hydrogens (tertiary/aromatic N) is 3. The molecule has 0 unspecified atom stereocenters. The van der Waals surface area contributed by atoms with Gasteiger partial charge in [0, 0.05) is 31.2 Å². The van der Waals surface area contributed by atoms with Crippen molar-refractivity contribution in [1.29, 1.82) is 0 Å². The van der Waals surface area contributed by atoms with Gasteiger partial charge in [-0.1, -0.05) is 17.7 Å². The summed E-state index contributed by atoms with van der Waals surface area (Å²) in [5.74, 6) is -0.498. The number of hydrogen-bond donors (Lipinski definition) is 0. The number of aromatic nitrogens is 2. The van der Waals surface area contributed by atoms with Crippen LogP contribution in [-0.4, -0.2) is 27.8 Å². The maximum Gasteiger partial charge on any atom is 0.255 e. The quantitative estimate of drug-likeness (QED) is 0.675. The van der Waals surface area contributed by atoms with E-state index in [-0.39, 0.29) is 11.7 Å². The highest BCUT2D eigenvalue weighted by atomic mass is 35.5. The Balaban J connectivity index is 1.88. The molecule has 0 radical (unpaired) electrons. The summed E-state index contributed by atoms with van der Waals surface area (Å²) in [5.41, 5.74) is 2.48. The third-order valence-electron chi connectivity index (χ3n) is 3.76. The number of aryl methyl sites for hydroxylation is 1. The Morgan fingerprint density at radius 2 is 2.04 bits per heavy atom. The molecule has 0 saturated heterocycles. The van der Waals surface area contributed by atoms with Gasteiger partial charge < -0.3 is 4.90 Å². The second kappa shape index (κ2) is 6.53.